The van der Waals surface area contributed by atoms with Crippen molar-refractivity contribution in [2.24, 2.45) is 11.8 Å². The number of hydrogen-bond acceptors (Lipinski definition) is 3. The Kier molecular flexibility index (Phi) is 2.76. The van der Waals surface area contributed by atoms with Crippen molar-refractivity contribution >= 4 is 21.9 Å². The molecule has 1 unspecified atom stereocenters. The lowest BCUT2D eigenvalue weighted by Gasteiger charge is -2.31. The molecular weight excluding hydrogens is 244 g/mol. The molecule has 1 aromatic heterocycles. The molecule has 0 amide bonds. The van der Waals surface area contributed by atoms with Gasteiger partial charge in [0.1, 0.15) is 0 Å². The van der Waals surface area contributed by atoms with Crippen molar-refractivity contribution in [3.63, 3.8) is 0 Å². The Labute approximate surface area is 92.0 Å². The van der Waals surface area contributed by atoms with Gasteiger partial charge in [-0.15, -0.1) is 5.10 Å². The van der Waals surface area contributed by atoms with Crippen molar-refractivity contribution < 1.29 is 0 Å². The van der Waals surface area contributed by atoms with Gasteiger partial charge in [-0.3, -0.25) is 0 Å². The maximum absolute atomic E-state index is 5.50. The zero-order chi connectivity index (χ0) is 10.1. The normalized spacial score (nSPS) is 19.3. The first kappa shape index (κ1) is 9.96. The van der Waals surface area contributed by atoms with E-state index in [4.69, 9.17) is 5.73 Å². The van der Waals surface area contributed by atoms with Crippen LogP contribution in [-0.4, -0.2) is 14.8 Å². The number of nitrogens with two attached hydrogens (primary N) is 1. The molecule has 0 aromatic carbocycles. The van der Waals surface area contributed by atoms with Gasteiger partial charge >= 0.3 is 0 Å². The number of rotatable bonds is 3. The highest BCUT2D eigenvalue weighted by Gasteiger charge is 2.24. The van der Waals surface area contributed by atoms with Gasteiger partial charge in [0.25, 0.3) is 0 Å². The Morgan fingerprint density at radius 3 is 2.79 bits per heavy atom. The quantitative estimate of drug-likeness (QED) is 0.903. The first-order valence-corrected chi connectivity index (χ1v) is 5.82. The Bertz CT molecular complexity index is 319. The maximum Gasteiger partial charge on any atom is 0.240 e. The minimum atomic E-state index is 0.345. The highest BCUT2D eigenvalue weighted by Crippen LogP contribution is 2.34. The molecule has 0 bridgehead atoms. The Hall–Kier alpha value is -0.580. The van der Waals surface area contributed by atoms with E-state index in [9.17, 15) is 0 Å². The molecule has 14 heavy (non-hydrogen) atoms. The molecule has 2 N–H and O–H groups in total. The van der Waals surface area contributed by atoms with E-state index in [0.717, 1.165) is 17.2 Å². The largest absolute Gasteiger partial charge is 0.366 e. The van der Waals surface area contributed by atoms with Crippen LogP contribution in [-0.2, 0) is 6.54 Å². The monoisotopic (exact) mass is 258 g/mol. The summed E-state index contributed by atoms with van der Waals surface area (Å²) in [6.45, 7) is 3.18. The van der Waals surface area contributed by atoms with Crippen LogP contribution in [0.5, 0.6) is 0 Å². The Morgan fingerprint density at radius 1 is 1.64 bits per heavy atom. The third-order valence-electron chi connectivity index (χ3n) is 3.06. The molecule has 1 aliphatic carbocycles. The van der Waals surface area contributed by atoms with Gasteiger partial charge in [0.15, 0.2) is 4.73 Å². The van der Waals surface area contributed by atoms with Gasteiger partial charge in [-0.25, -0.2) is 4.68 Å². The van der Waals surface area contributed by atoms with Gasteiger partial charge in [-0.05, 0) is 27.8 Å². The van der Waals surface area contributed by atoms with Crippen LogP contribution in [0.25, 0.3) is 0 Å². The molecule has 1 atom stereocenters. The van der Waals surface area contributed by atoms with E-state index in [1.807, 2.05) is 4.68 Å². The second-order valence-corrected chi connectivity index (χ2v) is 4.80. The number of anilines is 1. The Balaban J connectivity index is 1.98. The second kappa shape index (κ2) is 3.88. The second-order valence-electron chi connectivity index (χ2n) is 4.09. The molecule has 1 aliphatic rings. The van der Waals surface area contributed by atoms with Crippen molar-refractivity contribution in [1.82, 2.24) is 14.8 Å². The molecule has 5 heteroatoms. The zero-order valence-electron chi connectivity index (χ0n) is 8.28. The number of halogens is 1. The van der Waals surface area contributed by atoms with E-state index >= 15 is 0 Å². The third-order valence-corrected chi connectivity index (χ3v) is 3.65. The van der Waals surface area contributed by atoms with Crippen LogP contribution in [0.4, 0.5) is 5.95 Å². The molecule has 1 saturated carbocycles. The van der Waals surface area contributed by atoms with E-state index in [2.05, 4.69) is 32.9 Å². The fourth-order valence-corrected chi connectivity index (χ4v) is 2.29. The van der Waals surface area contributed by atoms with Crippen molar-refractivity contribution in [3.05, 3.63) is 4.73 Å². The smallest absolute Gasteiger partial charge is 0.240 e. The lowest BCUT2D eigenvalue weighted by Crippen LogP contribution is -2.24. The van der Waals surface area contributed by atoms with Gasteiger partial charge in [0.2, 0.25) is 5.95 Å². The fourth-order valence-electron chi connectivity index (χ4n) is 1.89. The molecule has 0 aliphatic heterocycles. The van der Waals surface area contributed by atoms with Crippen LogP contribution in [0.3, 0.4) is 0 Å². The summed E-state index contributed by atoms with van der Waals surface area (Å²) < 4.78 is 2.58. The number of nitrogen functional groups attached to an aromatic ring is 1. The summed E-state index contributed by atoms with van der Waals surface area (Å²) in [7, 11) is 0. The van der Waals surface area contributed by atoms with Gasteiger partial charge in [0.05, 0.1) is 0 Å². The fraction of sp³-hybridized carbons (Fsp3) is 0.778. The topological polar surface area (TPSA) is 56.7 Å². The highest BCUT2D eigenvalue weighted by atomic mass is 79.9. The summed E-state index contributed by atoms with van der Waals surface area (Å²) in [6, 6.07) is 0. The summed E-state index contributed by atoms with van der Waals surface area (Å²) in [5.74, 6) is 1.88. The summed E-state index contributed by atoms with van der Waals surface area (Å²) in [4.78, 5) is 4.01. The minimum Gasteiger partial charge on any atom is -0.366 e. The molecule has 4 nitrogen and oxygen atoms in total. The summed E-state index contributed by atoms with van der Waals surface area (Å²) in [5, 5.41) is 4.13. The minimum absolute atomic E-state index is 0.345. The average Bonchev–Trinajstić information content (AvgIpc) is 2.26. The number of nitrogens with zero attached hydrogens (tertiary/aromatic N) is 3. The summed E-state index contributed by atoms with van der Waals surface area (Å²) >= 11 is 3.34. The molecule has 1 heterocycles. The molecule has 78 valence electrons. The summed E-state index contributed by atoms with van der Waals surface area (Å²) in [5.41, 5.74) is 5.50. The van der Waals surface area contributed by atoms with Gasteiger partial charge in [-0.1, -0.05) is 26.2 Å². The standard InChI is InChI=1S/C9H15BrN4/c1-6(7-3-2-4-7)5-14-8(10)12-9(11)13-14/h6-7H,2-5H2,1H3,(H2,11,13). The third kappa shape index (κ3) is 1.92. The predicted octanol–water partition coefficient (Wildman–Crippen LogP) is 2.06. The lowest BCUT2D eigenvalue weighted by atomic mass is 9.77. The van der Waals surface area contributed by atoms with E-state index in [-0.39, 0.29) is 0 Å². The summed E-state index contributed by atoms with van der Waals surface area (Å²) in [6.07, 6.45) is 4.11. The first-order chi connectivity index (χ1) is 6.66. The van der Waals surface area contributed by atoms with Gasteiger partial charge in [-0.2, -0.15) is 4.98 Å². The van der Waals surface area contributed by atoms with Crippen molar-refractivity contribution in [1.29, 1.82) is 0 Å². The molecule has 2 rings (SSSR count). The zero-order valence-corrected chi connectivity index (χ0v) is 9.87. The SMILES string of the molecule is CC(Cn1nc(N)nc1Br)C1CCC1. The van der Waals surface area contributed by atoms with Crippen LogP contribution in [0, 0.1) is 11.8 Å². The van der Waals surface area contributed by atoms with Crippen LogP contribution in [0.15, 0.2) is 4.73 Å². The molecule has 0 saturated heterocycles. The highest BCUT2D eigenvalue weighted by molar-refractivity contribution is 9.10. The molecule has 0 radical (unpaired) electrons. The molecular formula is C9H15BrN4. The van der Waals surface area contributed by atoms with Gasteiger partial charge < -0.3 is 5.73 Å². The average molecular weight is 259 g/mol. The van der Waals surface area contributed by atoms with E-state index < -0.39 is 0 Å². The first-order valence-electron chi connectivity index (χ1n) is 5.02. The predicted molar refractivity (Wildman–Crippen MR) is 58.6 cm³/mol. The van der Waals surface area contributed by atoms with Crippen LogP contribution in [0.1, 0.15) is 26.2 Å². The van der Waals surface area contributed by atoms with Crippen molar-refractivity contribution in [2.75, 3.05) is 5.73 Å². The van der Waals surface area contributed by atoms with Crippen molar-refractivity contribution in [3.8, 4) is 0 Å². The van der Waals surface area contributed by atoms with E-state index in [1.54, 1.807) is 0 Å². The Morgan fingerprint density at radius 2 is 2.36 bits per heavy atom. The van der Waals surface area contributed by atoms with Crippen LogP contribution < -0.4 is 5.73 Å². The van der Waals surface area contributed by atoms with Crippen LogP contribution >= 0.6 is 15.9 Å². The van der Waals surface area contributed by atoms with Crippen molar-refractivity contribution in [2.45, 2.75) is 32.7 Å². The van der Waals surface area contributed by atoms with E-state index in [0.29, 0.717) is 11.9 Å². The lowest BCUT2D eigenvalue weighted by molar-refractivity contribution is 0.195. The van der Waals surface area contributed by atoms with E-state index in [1.165, 1.54) is 19.3 Å². The molecule has 0 spiro atoms. The number of hydrogen-bond donors (Lipinski definition) is 1. The van der Waals surface area contributed by atoms with Gasteiger partial charge in [0, 0.05) is 6.54 Å². The number of aromatic nitrogens is 3. The molecule has 1 aromatic rings. The maximum atomic E-state index is 5.50. The van der Waals surface area contributed by atoms with Crippen LogP contribution in [0.2, 0.25) is 0 Å². The molecule has 1 fully saturated rings.